The van der Waals surface area contributed by atoms with Crippen molar-refractivity contribution in [2.45, 2.75) is 6.10 Å². The lowest BCUT2D eigenvalue weighted by atomic mass is 10.1. The highest BCUT2D eigenvalue weighted by Gasteiger charge is 2.24. The molecule has 2 N–H and O–H groups in total. The van der Waals surface area contributed by atoms with E-state index in [0.29, 0.717) is 18.8 Å². The first-order valence-corrected chi connectivity index (χ1v) is 4.82. The second-order valence-electron chi connectivity index (χ2n) is 3.54. The first-order valence-electron chi connectivity index (χ1n) is 4.82. The van der Waals surface area contributed by atoms with Crippen molar-refractivity contribution >= 4 is 11.6 Å². The van der Waals surface area contributed by atoms with Crippen molar-refractivity contribution in [3.05, 3.63) is 24.0 Å². The molecule has 1 aliphatic rings. The van der Waals surface area contributed by atoms with Gasteiger partial charge in [-0.2, -0.15) is 0 Å². The van der Waals surface area contributed by atoms with Crippen molar-refractivity contribution in [3.8, 4) is 0 Å². The largest absolute Gasteiger partial charge is 0.389 e. The van der Waals surface area contributed by atoms with E-state index in [4.69, 9.17) is 5.11 Å². The van der Waals surface area contributed by atoms with Crippen molar-refractivity contribution < 1.29 is 9.90 Å². The minimum Gasteiger partial charge on any atom is -0.389 e. The number of aliphatic hydroxyl groups is 1. The SMILES string of the molecule is CNC(=O)c1cc(N2CC(O)C2)ccn1. The van der Waals surface area contributed by atoms with Gasteiger partial charge in [-0.05, 0) is 12.1 Å². The molecule has 0 unspecified atom stereocenters. The number of rotatable bonds is 2. The van der Waals surface area contributed by atoms with E-state index >= 15 is 0 Å². The summed E-state index contributed by atoms with van der Waals surface area (Å²) in [4.78, 5) is 17.3. The number of amides is 1. The van der Waals surface area contributed by atoms with Crippen LogP contribution in [-0.4, -0.2) is 42.2 Å². The van der Waals surface area contributed by atoms with Crippen LogP contribution in [-0.2, 0) is 0 Å². The number of aliphatic hydroxyl groups excluding tert-OH is 1. The number of anilines is 1. The third-order valence-corrected chi connectivity index (χ3v) is 2.43. The number of carbonyl (C=O) groups is 1. The second kappa shape index (κ2) is 3.86. The van der Waals surface area contributed by atoms with Crippen LogP contribution in [0.4, 0.5) is 5.69 Å². The van der Waals surface area contributed by atoms with E-state index in [1.807, 2.05) is 11.0 Å². The van der Waals surface area contributed by atoms with E-state index in [0.717, 1.165) is 5.69 Å². The Hall–Kier alpha value is -1.62. The molecule has 2 heterocycles. The molecule has 1 aliphatic heterocycles. The number of nitrogens with one attached hydrogen (secondary N) is 1. The van der Waals surface area contributed by atoms with Gasteiger partial charge in [0, 0.05) is 32.0 Å². The van der Waals surface area contributed by atoms with E-state index < -0.39 is 0 Å². The molecule has 5 heteroatoms. The average molecular weight is 207 g/mol. The summed E-state index contributed by atoms with van der Waals surface area (Å²) in [6.07, 6.45) is 1.35. The first kappa shape index (κ1) is 9.92. The number of carbonyl (C=O) groups excluding carboxylic acids is 1. The van der Waals surface area contributed by atoms with Crippen LogP contribution in [0.2, 0.25) is 0 Å². The van der Waals surface area contributed by atoms with Crippen LogP contribution in [0.3, 0.4) is 0 Å². The number of nitrogens with zero attached hydrogens (tertiary/aromatic N) is 2. The van der Waals surface area contributed by atoms with E-state index in [-0.39, 0.29) is 12.0 Å². The number of hydrogen-bond donors (Lipinski definition) is 2. The van der Waals surface area contributed by atoms with Gasteiger partial charge in [0.05, 0.1) is 6.10 Å². The lowest BCUT2D eigenvalue weighted by molar-refractivity contribution is 0.0958. The highest BCUT2D eigenvalue weighted by Crippen LogP contribution is 2.20. The molecule has 80 valence electrons. The Kier molecular flexibility index (Phi) is 2.55. The van der Waals surface area contributed by atoms with Crippen LogP contribution < -0.4 is 10.2 Å². The van der Waals surface area contributed by atoms with Crippen molar-refractivity contribution in [2.24, 2.45) is 0 Å². The van der Waals surface area contributed by atoms with Gasteiger partial charge in [0.15, 0.2) is 0 Å². The summed E-state index contributed by atoms with van der Waals surface area (Å²) >= 11 is 0. The van der Waals surface area contributed by atoms with Gasteiger partial charge in [-0.3, -0.25) is 9.78 Å². The summed E-state index contributed by atoms with van der Waals surface area (Å²) in [6, 6.07) is 3.56. The van der Waals surface area contributed by atoms with Gasteiger partial charge in [-0.15, -0.1) is 0 Å². The Bertz CT molecular complexity index is 375. The number of hydrogen-bond acceptors (Lipinski definition) is 4. The van der Waals surface area contributed by atoms with Crippen molar-refractivity contribution in [3.63, 3.8) is 0 Å². The Morgan fingerprint density at radius 1 is 1.67 bits per heavy atom. The summed E-state index contributed by atoms with van der Waals surface area (Å²) in [6.45, 7) is 1.24. The molecule has 0 spiro atoms. The number of β-amino-alcohol motifs (C(OH)–C–C–N with tert-alkyl or cyclic N) is 1. The van der Waals surface area contributed by atoms with Gasteiger partial charge in [-0.1, -0.05) is 0 Å². The fourth-order valence-corrected chi connectivity index (χ4v) is 1.53. The first-order chi connectivity index (χ1) is 7.20. The summed E-state index contributed by atoms with van der Waals surface area (Å²) in [5.41, 5.74) is 1.32. The van der Waals surface area contributed by atoms with Crippen LogP contribution in [0.5, 0.6) is 0 Å². The van der Waals surface area contributed by atoms with Gasteiger partial charge >= 0.3 is 0 Å². The molecule has 1 aromatic rings. The van der Waals surface area contributed by atoms with E-state index in [1.165, 1.54) is 0 Å². The molecule has 0 bridgehead atoms. The van der Waals surface area contributed by atoms with Crippen LogP contribution in [0.1, 0.15) is 10.5 Å². The Balaban J connectivity index is 2.16. The topological polar surface area (TPSA) is 65.5 Å². The second-order valence-corrected chi connectivity index (χ2v) is 3.54. The van der Waals surface area contributed by atoms with E-state index in [9.17, 15) is 4.79 Å². The molecule has 1 saturated heterocycles. The van der Waals surface area contributed by atoms with Crippen LogP contribution in [0.15, 0.2) is 18.3 Å². The fraction of sp³-hybridized carbons (Fsp3) is 0.400. The molecule has 15 heavy (non-hydrogen) atoms. The van der Waals surface area contributed by atoms with Crippen LogP contribution in [0, 0.1) is 0 Å². The maximum atomic E-state index is 11.3. The maximum Gasteiger partial charge on any atom is 0.269 e. The van der Waals surface area contributed by atoms with Crippen molar-refractivity contribution in [2.75, 3.05) is 25.0 Å². The smallest absolute Gasteiger partial charge is 0.269 e. The normalized spacial score (nSPS) is 16.0. The molecule has 0 atom stereocenters. The zero-order valence-corrected chi connectivity index (χ0v) is 8.47. The molecule has 2 rings (SSSR count). The third kappa shape index (κ3) is 1.92. The van der Waals surface area contributed by atoms with Crippen molar-refractivity contribution in [1.82, 2.24) is 10.3 Å². The summed E-state index contributed by atoms with van der Waals surface area (Å²) < 4.78 is 0. The molecule has 0 radical (unpaired) electrons. The van der Waals surface area contributed by atoms with Crippen LogP contribution in [0.25, 0.3) is 0 Å². The van der Waals surface area contributed by atoms with Crippen LogP contribution >= 0.6 is 0 Å². The van der Waals surface area contributed by atoms with Gasteiger partial charge in [0.25, 0.3) is 5.91 Å². The molecule has 5 nitrogen and oxygen atoms in total. The van der Waals surface area contributed by atoms with Gasteiger partial charge in [-0.25, -0.2) is 0 Å². The lowest BCUT2D eigenvalue weighted by Crippen LogP contribution is -2.50. The minimum atomic E-state index is -0.249. The maximum absolute atomic E-state index is 11.3. The summed E-state index contributed by atoms with van der Waals surface area (Å²) in [5, 5.41) is 11.7. The van der Waals surface area contributed by atoms with E-state index in [2.05, 4.69) is 10.3 Å². The molecular weight excluding hydrogens is 194 g/mol. The molecule has 1 aromatic heterocycles. The zero-order valence-electron chi connectivity index (χ0n) is 8.47. The van der Waals surface area contributed by atoms with Crippen molar-refractivity contribution in [1.29, 1.82) is 0 Å². The molecule has 0 aromatic carbocycles. The molecular formula is C10H13N3O2. The Labute approximate surface area is 87.7 Å². The van der Waals surface area contributed by atoms with Gasteiger partial charge in [0.2, 0.25) is 0 Å². The highest BCUT2D eigenvalue weighted by atomic mass is 16.3. The predicted octanol–water partition coefficient (Wildman–Crippen LogP) is -0.378. The summed E-state index contributed by atoms with van der Waals surface area (Å²) in [5.74, 6) is -0.196. The van der Waals surface area contributed by atoms with Gasteiger partial charge in [0.1, 0.15) is 5.69 Å². The Morgan fingerprint density at radius 2 is 2.40 bits per heavy atom. The number of aromatic nitrogens is 1. The molecule has 1 fully saturated rings. The molecule has 1 amide bonds. The predicted molar refractivity (Wildman–Crippen MR) is 55.8 cm³/mol. The molecule has 0 saturated carbocycles. The molecule has 0 aliphatic carbocycles. The fourth-order valence-electron chi connectivity index (χ4n) is 1.53. The summed E-state index contributed by atoms with van der Waals surface area (Å²) in [7, 11) is 1.57. The van der Waals surface area contributed by atoms with E-state index in [1.54, 1.807) is 19.3 Å². The highest BCUT2D eigenvalue weighted by molar-refractivity contribution is 5.92. The Morgan fingerprint density at radius 3 is 3.00 bits per heavy atom. The minimum absolute atomic E-state index is 0.196. The number of pyridine rings is 1. The third-order valence-electron chi connectivity index (χ3n) is 2.43. The average Bonchev–Trinajstić information content (AvgIpc) is 2.24. The quantitative estimate of drug-likeness (QED) is 0.694. The zero-order chi connectivity index (χ0) is 10.8. The standard InChI is InChI=1S/C10H13N3O2/c1-11-10(15)9-4-7(2-3-12-9)13-5-8(14)6-13/h2-4,8,14H,5-6H2,1H3,(H,11,15). The van der Waals surface area contributed by atoms with Gasteiger partial charge < -0.3 is 15.3 Å². The monoisotopic (exact) mass is 207 g/mol. The lowest BCUT2D eigenvalue weighted by Gasteiger charge is -2.37.